The number of benzene rings is 2. The van der Waals surface area contributed by atoms with Gasteiger partial charge in [-0.2, -0.15) is 0 Å². The smallest absolute Gasteiger partial charge is 0.242 e. The van der Waals surface area contributed by atoms with Crippen molar-refractivity contribution in [2.24, 2.45) is 0 Å². The summed E-state index contributed by atoms with van der Waals surface area (Å²) in [6, 6.07) is 15.7. The van der Waals surface area contributed by atoms with Crippen LogP contribution in [0.5, 0.6) is 0 Å². The minimum absolute atomic E-state index is 0.0155. The monoisotopic (exact) mass is 444 g/mol. The summed E-state index contributed by atoms with van der Waals surface area (Å²) in [5.74, 6) is -0.142. The number of likely N-dealkylation sites (N-methyl/N-ethyl adjacent to an activating group) is 1. The van der Waals surface area contributed by atoms with Crippen LogP contribution in [0, 0.1) is 0 Å². The molecule has 150 valence electrons. The molecule has 4 nitrogen and oxygen atoms in total. The second kappa shape index (κ2) is 11.0. The Hall–Kier alpha value is -2.14. The van der Waals surface area contributed by atoms with Gasteiger partial charge in [0, 0.05) is 24.0 Å². The van der Waals surface area contributed by atoms with Crippen LogP contribution in [0.1, 0.15) is 43.9 Å². The molecule has 2 rings (SSSR count). The van der Waals surface area contributed by atoms with Gasteiger partial charge in [-0.25, -0.2) is 0 Å². The van der Waals surface area contributed by atoms with Crippen LogP contribution in [0.4, 0.5) is 0 Å². The van der Waals surface area contributed by atoms with Crippen molar-refractivity contribution in [2.75, 3.05) is 6.54 Å². The van der Waals surface area contributed by atoms with Crippen LogP contribution in [0.3, 0.4) is 0 Å². The molecule has 0 aromatic heterocycles. The maximum atomic E-state index is 13.0. The van der Waals surface area contributed by atoms with Gasteiger partial charge in [0.25, 0.3) is 0 Å². The van der Waals surface area contributed by atoms with Crippen molar-refractivity contribution >= 4 is 27.7 Å². The molecule has 0 aliphatic carbocycles. The highest BCUT2D eigenvalue weighted by atomic mass is 79.9. The van der Waals surface area contributed by atoms with Crippen molar-refractivity contribution in [3.05, 3.63) is 69.7 Å². The fourth-order valence-electron chi connectivity index (χ4n) is 3.07. The third-order valence-electron chi connectivity index (χ3n) is 4.82. The van der Waals surface area contributed by atoms with E-state index in [0.717, 1.165) is 22.0 Å². The van der Waals surface area contributed by atoms with Crippen molar-refractivity contribution in [3.8, 4) is 0 Å². The number of rotatable bonds is 9. The first-order chi connectivity index (χ1) is 13.4. The zero-order valence-corrected chi connectivity index (χ0v) is 18.5. The lowest BCUT2D eigenvalue weighted by molar-refractivity contribution is -0.140. The molecule has 0 heterocycles. The molecule has 0 bridgehead atoms. The van der Waals surface area contributed by atoms with Gasteiger partial charge >= 0.3 is 0 Å². The van der Waals surface area contributed by atoms with Crippen LogP contribution >= 0.6 is 15.9 Å². The van der Waals surface area contributed by atoms with Gasteiger partial charge in [-0.1, -0.05) is 59.3 Å². The van der Waals surface area contributed by atoms with E-state index in [1.54, 1.807) is 11.8 Å². The fourth-order valence-corrected chi connectivity index (χ4v) is 3.52. The average Bonchev–Trinajstić information content (AvgIpc) is 2.70. The number of nitrogens with one attached hydrogen (secondary N) is 1. The number of amides is 2. The zero-order chi connectivity index (χ0) is 20.5. The Balaban J connectivity index is 2.11. The van der Waals surface area contributed by atoms with E-state index < -0.39 is 6.04 Å². The Morgan fingerprint density at radius 3 is 2.32 bits per heavy atom. The molecule has 0 unspecified atom stereocenters. The fraction of sp³-hybridized carbons (Fsp3) is 0.391. The number of halogens is 1. The van der Waals surface area contributed by atoms with Crippen LogP contribution in [-0.4, -0.2) is 29.3 Å². The van der Waals surface area contributed by atoms with E-state index in [-0.39, 0.29) is 11.8 Å². The van der Waals surface area contributed by atoms with Gasteiger partial charge < -0.3 is 10.2 Å². The van der Waals surface area contributed by atoms with Crippen LogP contribution < -0.4 is 5.32 Å². The first kappa shape index (κ1) is 22.2. The molecule has 0 saturated carbocycles. The molecule has 0 spiro atoms. The van der Waals surface area contributed by atoms with E-state index in [1.165, 1.54) is 5.56 Å². The number of nitrogens with zero attached hydrogens (tertiary/aromatic N) is 1. The number of hydrogen-bond donors (Lipinski definition) is 1. The van der Waals surface area contributed by atoms with Gasteiger partial charge in [0.2, 0.25) is 11.8 Å². The lowest BCUT2D eigenvalue weighted by Crippen LogP contribution is -2.47. The number of carbonyl (C=O) groups excluding carboxylic acids is 2. The second-order valence-electron chi connectivity index (χ2n) is 6.89. The highest BCUT2D eigenvalue weighted by molar-refractivity contribution is 9.10. The molecule has 0 aliphatic rings. The molecule has 0 radical (unpaired) electrons. The van der Waals surface area contributed by atoms with E-state index in [4.69, 9.17) is 0 Å². The summed E-state index contributed by atoms with van der Waals surface area (Å²) in [4.78, 5) is 27.1. The number of carbonyl (C=O) groups is 2. The Kier molecular flexibility index (Phi) is 8.71. The SMILES string of the molecule is CCNC(=O)[C@H](C)N(Cc1cccc(Br)c1)C(=O)CCc1ccc(CC)cc1. The van der Waals surface area contributed by atoms with Crippen LogP contribution in [-0.2, 0) is 29.0 Å². The summed E-state index contributed by atoms with van der Waals surface area (Å²) in [6.45, 7) is 6.75. The summed E-state index contributed by atoms with van der Waals surface area (Å²) in [7, 11) is 0. The van der Waals surface area contributed by atoms with Crippen molar-refractivity contribution in [1.82, 2.24) is 10.2 Å². The zero-order valence-electron chi connectivity index (χ0n) is 16.9. The molecule has 28 heavy (non-hydrogen) atoms. The van der Waals surface area contributed by atoms with Crippen molar-refractivity contribution in [1.29, 1.82) is 0 Å². The van der Waals surface area contributed by atoms with Gasteiger partial charge in [-0.3, -0.25) is 9.59 Å². The molecular weight excluding hydrogens is 416 g/mol. The molecule has 1 N–H and O–H groups in total. The normalized spacial score (nSPS) is 11.7. The molecular formula is C23H29BrN2O2. The van der Waals surface area contributed by atoms with Crippen molar-refractivity contribution < 1.29 is 9.59 Å². The van der Waals surface area contributed by atoms with E-state index in [1.807, 2.05) is 31.2 Å². The maximum Gasteiger partial charge on any atom is 0.242 e. The molecule has 0 aliphatic heterocycles. The second-order valence-corrected chi connectivity index (χ2v) is 7.81. The highest BCUT2D eigenvalue weighted by Gasteiger charge is 2.25. The molecule has 1 atom stereocenters. The van der Waals surface area contributed by atoms with Crippen molar-refractivity contribution in [2.45, 2.75) is 52.6 Å². The minimum atomic E-state index is -0.520. The Morgan fingerprint density at radius 2 is 1.71 bits per heavy atom. The van der Waals surface area contributed by atoms with E-state index in [0.29, 0.717) is 25.9 Å². The Labute approximate surface area is 176 Å². The third kappa shape index (κ3) is 6.48. The quantitative estimate of drug-likeness (QED) is 0.618. The van der Waals surface area contributed by atoms with Crippen LogP contribution in [0.2, 0.25) is 0 Å². The molecule has 2 aromatic rings. The van der Waals surface area contributed by atoms with Gasteiger partial charge in [0.1, 0.15) is 6.04 Å². The standard InChI is InChI=1S/C23H29BrN2O2/c1-4-18-9-11-19(12-10-18)13-14-22(27)26(17(3)23(28)25-5-2)16-20-7-6-8-21(24)15-20/h6-12,15,17H,4-5,13-14,16H2,1-3H3,(H,25,28)/t17-/m0/s1. The van der Waals surface area contributed by atoms with Crippen LogP contribution in [0.15, 0.2) is 53.0 Å². The van der Waals surface area contributed by atoms with Crippen molar-refractivity contribution in [3.63, 3.8) is 0 Å². The summed E-state index contributed by atoms with van der Waals surface area (Å²) >= 11 is 3.47. The predicted molar refractivity (Wildman–Crippen MR) is 117 cm³/mol. The van der Waals surface area contributed by atoms with Gasteiger partial charge in [-0.15, -0.1) is 0 Å². The molecule has 0 saturated heterocycles. The maximum absolute atomic E-state index is 13.0. The predicted octanol–water partition coefficient (Wildman–Crippen LogP) is 4.50. The lowest BCUT2D eigenvalue weighted by atomic mass is 10.0. The summed E-state index contributed by atoms with van der Waals surface area (Å²) in [6.07, 6.45) is 2.05. The van der Waals surface area contributed by atoms with E-state index in [2.05, 4.69) is 52.4 Å². The molecule has 2 aromatic carbocycles. The average molecular weight is 445 g/mol. The highest BCUT2D eigenvalue weighted by Crippen LogP contribution is 2.17. The summed E-state index contributed by atoms with van der Waals surface area (Å²) in [5.41, 5.74) is 3.42. The van der Waals surface area contributed by atoms with Gasteiger partial charge in [-0.05, 0) is 55.5 Å². The number of aryl methyl sites for hydroxylation is 2. The Bertz CT molecular complexity index is 789. The first-order valence-corrected chi connectivity index (χ1v) is 10.6. The molecule has 2 amide bonds. The number of hydrogen-bond acceptors (Lipinski definition) is 2. The first-order valence-electron chi connectivity index (χ1n) is 9.84. The summed E-state index contributed by atoms with van der Waals surface area (Å²) in [5, 5.41) is 2.82. The van der Waals surface area contributed by atoms with E-state index >= 15 is 0 Å². The topological polar surface area (TPSA) is 49.4 Å². The largest absolute Gasteiger partial charge is 0.355 e. The van der Waals surface area contributed by atoms with E-state index in [9.17, 15) is 9.59 Å². The molecule has 0 fully saturated rings. The van der Waals surface area contributed by atoms with Crippen LogP contribution in [0.25, 0.3) is 0 Å². The third-order valence-corrected chi connectivity index (χ3v) is 5.31. The lowest BCUT2D eigenvalue weighted by Gasteiger charge is -2.29. The minimum Gasteiger partial charge on any atom is -0.355 e. The van der Waals surface area contributed by atoms with Gasteiger partial charge in [0.15, 0.2) is 0 Å². The Morgan fingerprint density at radius 1 is 1.04 bits per heavy atom. The van der Waals surface area contributed by atoms with Gasteiger partial charge in [0.05, 0.1) is 0 Å². The summed E-state index contributed by atoms with van der Waals surface area (Å²) < 4.78 is 0.957. The molecule has 5 heteroatoms.